The fourth-order valence-electron chi connectivity index (χ4n) is 3.37. The summed E-state index contributed by atoms with van der Waals surface area (Å²) in [6.07, 6.45) is 3.14. The van der Waals surface area contributed by atoms with Crippen molar-refractivity contribution in [2.75, 3.05) is 6.54 Å². The van der Waals surface area contributed by atoms with E-state index < -0.39 is 12.1 Å². The number of hydrogen-bond acceptors (Lipinski definition) is 6. The van der Waals surface area contributed by atoms with Gasteiger partial charge in [0.25, 0.3) is 5.91 Å². The molecule has 0 N–H and O–H groups in total. The van der Waals surface area contributed by atoms with Gasteiger partial charge in [0.05, 0.1) is 0 Å². The fourth-order valence-corrected chi connectivity index (χ4v) is 4.04. The Bertz CT molecular complexity index is 839. The van der Waals surface area contributed by atoms with Gasteiger partial charge in [-0.25, -0.2) is 14.2 Å². The first-order valence-corrected chi connectivity index (χ1v) is 10.7. The Morgan fingerprint density at radius 2 is 2.07 bits per heavy atom. The second kappa shape index (κ2) is 9.82. The van der Waals surface area contributed by atoms with Crippen molar-refractivity contribution in [1.82, 2.24) is 9.88 Å². The summed E-state index contributed by atoms with van der Waals surface area (Å²) in [6.45, 7) is 4.54. The van der Waals surface area contributed by atoms with Crippen molar-refractivity contribution in [3.63, 3.8) is 0 Å². The average Bonchev–Trinajstić information content (AvgIpc) is 3.22. The molecule has 2 heterocycles. The number of benzene rings is 1. The van der Waals surface area contributed by atoms with Crippen LogP contribution in [0, 0.1) is 5.82 Å². The Balaban J connectivity index is 1.53. The number of thiazole rings is 1. The van der Waals surface area contributed by atoms with Gasteiger partial charge in [-0.15, -0.1) is 11.3 Å². The van der Waals surface area contributed by atoms with Gasteiger partial charge >= 0.3 is 5.97 Å². The first-order valence-electron chi connectivity index (χ1n) is 9.82. The minimum atomic E-state index is -0.852. The largest absolute Gasteiger partial charge is 0.486 e. The lowest BCUT2D eigenvalue weighted by Crippen LogP contribution is -2.48. The number of ether oxygens (including phenoxy) is 2. The second-order valence-corrected chi connectivity index (χ2v) is 7.95. The lowest BCUT2D eigenvalue weighted by Gasteiger charge is -2.36. The standard InChI is InChI=1S/C21H25FN2O4S/c1-3-16-6-4-5-11-24(16)20(25)14(2)28-21(26)18-13-29-19(23-18)12-27-17-9-7-15(22)8-10-17/h7-10,13-14,16H,3-6,11-12H2,1-2H3. The predicted octanol–water partition coefficient (Wildman–Crippen LogP) is 4.20. The summed E-state index contributed by atoms with van der Waals surface area (Å²) in [4.78, 5) is 31.2. The number of nitrogens with zero attached hydrogens (tertiary/aromatic N) is 2. The highest BCUT2D eigenvalue weighted by Gasteiger charge is 2.31. The average molecular weight is 421 g/mol. The fraction of sp³-hybridized carbons (Fsp3) is 0.476. The third-order valence-corrected chi connectivity index (χ3v) is 5.77. The maximum Gasteiger partial charge on any atom is 0.358 e. The zero-order valence-corrected chi connectivity index (χ0v) is 17.4. The summed E-state index contributed by atoms with van der Waals surface area (Å²) >= 11 is 1.26. The molecule has 1 saturated heterocycles. The van der Waals surface area contributed by atoms with Gasteiger partial charge in [-0.2, -0.15) is 0 Å². The number of piperidine rings is 1. The number of likely N-dealkylation sites (tertiary alicyclic amines) is 1. The lowest BCUT2D eigenvalue weighted by atomic mass is 9.99. The Labute approximate surface area is 173 Å². The molecule has 2 atom stereocenters. The maximum absolute atomic E-state index is 12.9. The third-order valence-electron chi connectivity index (χ3n) is 4.95. The van der Waals surface area contributed by atoms with Crippen molar-refractivity contribution in [3.05, 3.63) is 46.2 Å². The van der Waals surface area contributed by atoms with Crippen LogP contribution >= 0.6 is 11.3 Å². The van der Waals surface area contributed by atoms with E-state index in [1.807, 2.05) is 4.90 Å². The molecule has 1 aromatic carbocycles. The number of aromatic nitrogens is 1. The van der Waals surface area contributed by atoms with E-state index in [2.05, 4.69) is 11.9 Å². The Kier molecular flexibility index (Phi) is 7.19. The van der Waals surface area contributed by atoms with Crippen molar-refractivity contribution in [2.45, 2.75) is 58.3 Å². The molecule has 1 aliphatic rings. The molecule has 0 radical (unpaired) electrons. The van der Waals surface area contributed by atoms with Crippen LogP contribution in [0.2, 0.25) is 0 Å². The number of carbonyl (C=O) groups is 2. The molecule has 0 spiro atoms. The van der Waals surface area contributed by atoms with Crippen LogP contribution in [-0.2, 0) is 16.1 Å². The zero-order chi connectivity index (χ0) is 20.8. The lowest BCUT2D eigenvalue weighted by molar-refractivity contribution is -0.143. The van der Waals surface area contributed by atoms with Gasteiger partial charge in [0.2, 0.25) is 0 Å². The molecule has 29 heavy (non-hydrogen) atoms. The van der Waals surface area contributed by atoms with Crippen molar-refractivity contribution in [2.24, 2.45) is 0 Å². The van der Waals surface area contributed by atoms with E-state index in [4.69, 9.17) is 9.47 Å². The highest BCUT2D eigenvalue weighted by Crippen LogP contribution is 2.21. The van der Waals surface area contributed by atoms with Gasteiger partial charge in [-0.05, 0) is 56.9 Å². The molecule has 1 amide bonds. The van der Waals surface area contributed by atoms with Gasteiger partial charge in [0.15, 0.2) is 11.8 Å². The molecule has 1 fully saturated rings. The molecular formula is C21H25FN2O4S. The van der Waals surface area contributed by atoms with Crippen LogP contribution < -0.4 is 4.74 Å². The van der Waals surface area contributed by atoms with Crippen LogP contribution in [-0.4, -0.2) is 40.5 Å². The molecule has 6 nitrogen and oxygen atoms in total. The van der Waals surface area contributed by atoms with E-state index in [0.29, 0.717) is 17.3 Å². The number of rotatable bonds is 7. The summed E-state index contributed by atoms with van der Waals surface area (Å²) < 4.78 is 23.8. The highest BCUT2D eigenvalue weighted by molar-refractivity contribution is 7.09. The first-order chi connectivity index (χ1) is 14.0. The molecular weight excluding hydrogens is 395 g/mol. The van der Waals surface area contributed by atoms with E-state index in [0.717, 1.165) is 25.7 Å². The summed E-state index contributed by atoms with van der Waals surface area (Å²) in [5.74, 6) is -0.604. The summed E-state index contributed by atoms with van der Waals surface area (Å²) in [5.41, 5.74) is 0.151. The third kappa shape index (κ3) is 5.53. The van der Waals surface area contributed by atoms with Crippen molar-refractivity contribution in [3.8, 4) is 5.75 Å². The summed E-state index contributed by atoms with van der Waals surface area (Å²) in [5, 5.41) is 2.17. The number of carbonyl (C=O) groups excluding carboxylic acids is 2. The van der Waals surface area contributed by atoms with E-state index >= 15 is 0 Å². The van der Waals surface area contributed by atoms with Crippen LogP contribution in [0.5, 0.6) is 5.75 Å². The smallest absolute Gasteiger partial charge is 0.358 e. The van der Waals surface area contributed by atoms with E-state index in [1.54, 1.807) is 12.3 Å². The number of halogens is 1. The van der Waals surface area contributed by atoms with Gasteiger partial charge in [0.1, 0.15) is 23.2 Å². The number of amides is 1. The second-order valence-electron chi connectivity index (χ2n) is 7.01. The Hall–Kier alpha value is -2.48. The summed E-state index contributed by atoms with van der Waals surface area (Å²) in [6, 6.07) is 5.88. The van der Waals surface area contributed by atoms with Gasteiger partial charge < -0.3 is 14.4 Å². The number of hydrogen-bond donors (Lipinski definition) is 0. The Morgan fingerprint density at radius 3 is 2.79 bits per heavy atom. The molecule has 3 rings (SSSR count). The molecule has 0 aliphatic carbocycles. The minimum Gasteiger partial charge on any atom is -0.486 e. The van der Waals surface area contributed by atoms with Crippen LogP contribution in [0.15, 0.2) is 29.6 Å². The minimum absolute atomic E-state index is 0.151. The Morgan fingerprint density at radius 1 is 1.31 bits per heavy atom. The van der Waals surface area contributed by atoms with Crippen molar-refractivity contribution >= 4 is 23.2 Å². The van der Waals surface area contributed by atoms with Crippen molar-refractivity contribution in [1.29, 1.82) is 0 Å². The van der Waals surface area contributed by atoms with Gasteiger partial charge in [0, 0.05) is 18.0 Å². The first kappa shape index (κ1) is 21.2. The number of esters is 1. The molecule has 1 aromatic heterocycles. The zero-order valence-electron chi connectivity index (χ0n) is 16.6. The van der Waals surface area contributed by atoms with Crippen LogP contribution in [0.4, 0.5) is 4.39 Å². The molecule has 2 aromatic rings. The van der Waals surface area contributed by atoms with Crippen LogP contribution in [0.3, 0.4) is 0 Å². The van der Waals surface area contributed by atoms with Gasteiger partial charge in [-0.1, -0.05) is 6.92 Å². The predicted molar refractivity (Wildman–Crippen MR) is 107 cm³/mol. The van der Waals surface area contributed by atoms with Crippen LogP contribution in [0.25, 0.3) is 0 Å². The SMILES string of the molecule is CCC1CCCCN1C(=O)C(C)OC(=O)c1csc(COc2ccc(F)cc2)n1. The van der Waals surface area contributed by atoms with Gasteiger partial charge in [-0.3, -0.25) is 4.79 Å². The van der Waals surface area contributed by atoms with E-state index in [-0.39, 0.29) is 30.1 Å². The van der Waals surface area contributed by atoms with Crippen LogP contribution in [0.1, 0.15) is 55.0 Å². The van der Waals surface area contributed by atoms with Crippen molar-refractivity contribution < 1.29 is 23.5 Å². The maximum atomic E-state index is 12.9. The summed E-state index contributed by atoms with van der Waals surface area (Å²) in [7, 11) is 0. The molecule has 2 unspecified atom stereocenters. The monoisotopic (exact) mass is 420 g/mol. The highest BCUT2D eigenvalue weighted by atomic mass is 32.1. The quantitative estimate of drug-likeness (QED) is 0.628. The van der Waals surface area contributed by atoms with E-state index in [9.17, 15) is 14.0 Å². The topological polar surface area (TPSA) is 68.7 Å². The molecule has 1 aliphatic heterocycles. The normalized spacial score (nSPS) is 17.6. The molecule has 156 valence electrons. The molecule has 0 saturated carbocycles. The van der Waals surface area contributed by atoms with E-state index in [1.165, 1.54) is 35.6 Å². The molecule has 0 bridgehead atoms. The molecule has 8 heteroatoms.